The van der Waals surface area contributed by atoms with Crippen LogP contribution >= 0.6 is 0 Å². The fraction of sp³-hybridized carbons (Fsp3) is 0.440. The highest BCUT2D eigenvalue weighted by molar-refractivity contribution is 5.81. The number of aromatic nitrogens is 6. The van der Waals surface area contributed by atoms with Gasteiger partial charge in [0, 0.05) is 41.3 Å². The first-order valence-electron chi connectivity index (χ1n) is 12.0. The normalized spacial score (nSPS) is 21.9. The quantitative estimate of drug-likeness (QED) is 0.453. The maximum atomic E-state index is 10.0. The predicted octanol–water partition coefficient (Wildman–Crippen LogP) is 3.75. The number of nitrogens with one attached hydrogen (secondary N) is 1. The molecule has 1 aliphatic carbocycles. The van der Waals surface area contributed by atoms with Gasteiger partial charge >= 0.3 is 0 Å². The number of pyridine rings is 1. The minimum atomic E-state index is -0.197. The van der Waals surface area contributed by atoms with E-state index in [1.54, 1.807) is 6.20 Å². The topological polar surface area (TPSA) is 102 Å². The van der Waals surface area contributed by atoms with Gasteiger partial charge in [-0.2, -0.15) is 5.10 Å². The summed E-state index contributed by atoms with van der Waals surface area (Å²) in [6.07, 6.45) is 12.9. The zero-order valence-electron chi connectivity index (χ0n) is 19.2. The van der Waals surface area contributed by atoms with E-state index in [-0.39, 0.29) is 12.1 Å². The van der Waals surface area contributed by atoms with Gasteiger partial charge in [0.25, 0.3) is 0 Å². The molecule has 1 saturated heterocycles. The average Bonchev–Trinajstić information content (AvgIpc) is 3.44. The van der Waals surface area contributed by atoms with Crippen molar-refractivity contribution in [3.63, 3.8) is 0 Å². The Hall–Kier alpha value is -3.30. The molecule has 176 valence electrons. The van der Waals surface area contributed by atoms with Crippen LogP contribution in [-0.2, 0) is 4.74 Å². The van der Waals surface area contributed by atoms with Crippen LogP contribution in [0.4, 0.5) is 5.95 Å². The van der Waals surface area contributed by atoms with E-state index in [0.29, 0.717) is 31.1 Å². The lowest BCUT2D eigenvalue weighted by Crippen LogP contribution is -2.30. The number of fused-ring (bicyclic) bond motifs is 1. The zero-order chi connectivity index (χ0) is 23.1. The zero-order valence-corrected chi connectivity index (χ0v) is 19.2. The molecule has 0 spiro atoms. The van der Waals surface area contributed by atoms with Crippen molar-refractivity contribution in [3.05, 3.63) is 60.4 Å². The standard InChI is InChI=1S/C25H29N7O2/c1-16(18-3-2-8-26-10-18)29-25-27-12-24-22(19-11-28-31(13-19)20-14-34-15-20)9-23(32(24)30-25)17-4-6-21(33)7-5-17/h2-3,8-13,16-17,20-21,33H,4-7,14-15H2,1H3,(H,29,30)/t16?,17-,21-. The highest BCUT2D eigenvalue weighted by atomic mass is 16.5. The second kappa shape index (κ2) is 8.81. The summed E-state index contributed by atoms with van der Waals surface area (Å²) in [5.74, 6) is 0.920. The largest absolute Gasteiger partial charge is 0.393 e. The van der Waals surface area contributed by atoms with Gasteiger partial charge in [0.1, 0.15) is 0 Å². The van der Waals surface area contributed by atoms with Crippen LogP contribution in [0, 0.1) is 0 Å². The Labute approximate surface area is 197 Å². The molecule has 2 fully saturated rings. The molecular weight excluding hydrogens is 430 g/mol. The van der Waals surface area contributed by atoms with Crippen molar-refractivity contribution in [2.45, 2.75) is 56.7 Å². The molecule has 1 unspecified atom stereocenters. The van der Waals surface area contributed by atoms with E-state index in [4.69, 9.17) is 9.84 Å². The van der Waals surface area contributed by atoms with Gasteiger partial charge in [-0.05, 0) is 50.3 Å². The van der Waals surface area contributed by atoms with E-state index < -0.39 is 0 Å². The van der Waals surface area contributed by atoms with E-state index in [1.165, 1.54) is 0 Å². The van der Waals surface area contributed by atoms with Crippen LogP contribution in [0.5, 0.6) is 0 Å². The first kappa shape index (κ1) is 21.2. The number of hydrogen-bond donors (Lipinski definition) is 2. The third kappa shape index (κ3) is 3.95. The van der Waals surface area contributed by atoms with Crippen LogP contribution < -0.4 is 5.32 Å². The SMILES string of the molecule is CC(Nc1ncc2c(-c3cnn(C4COC4)c3)cc([C@H]3CC[C@H](O)CC3)n2n1)c1cccnc1. The number of anilines is 1. The summed E-state index contributed by atoms with van der Waals surface area (Å²) >= 11 is 0. The van der Waals surface area contributed by atoms with Crippen LogP contribution in [-0.4, -0.2) is 53.8 Å². The van der Waals surface area contributed by atoms with E-state index in [9.17, 15) is 5.11 Å². The van der Waals surface area contributed by atoms with Crippen LogP contribution in [0.1, 0.15) is 61.9 Å². The molecule has 4 aromatic heterocycles. The molecule has 2 aliphatic rings. The van der Waals surface area contributed by atoms with Gasteiger partial charge in [-0.25, -0.2) is 9.50 Å². The molecule has 1 atom stereocenters. The summed E-state index contributed by atoms with van der Waals surface area (Å²) in [6.45, 7) is 3.49. The predicted molar refractivity (Wildman–Crippen MR) is 128 cm³/mol. The third-order valence-electron chi connectivity index (χ3n) is 7.10. The van der Waals surface area contributed by atoms with Crippen LogP contribution in [0.25, 0.3) is 16.6 Å². The fourth-order valence-corrected chi connectivity index (χ4v) is 4.94. The van der Waals surface area contributed by atoms with Gasteiger partial charge in [0.15, 0.2) is 0 Å². The van der Waals surface area contributed by atoms with Crippen molar-refractivity contribution >= 4 is 11.5 Å². The molecule has 0 bridgehead atoms. The number of nitrogens with zero attached hydrogens (tertiary/aromatic N) is 6. The highest BCUT2D eigenvalue weighted by Crippen LogP contribution is 2.38. The lowest BCUT2D eigenvalue weighted by Gasteiger charge is -2.25. The number of hydrogen-bond acceptors (Lipinski definition) is 7. The fourth-order valence-electron chi connectivity index (χ4n) is 4.94. The van der Waals surface area contributed by atoms with Gasteiger partial charge in [0.2, 0.25) is 5.95 Å². The van der Waals surface area contributed by atoms with Crippen molar-refractivity contribution in [1.82, 2.24) is 29.4 Å². The first-order valence-corrected chi connectivity index (χ1v) is 12.0. The molecule has 1 saturated carbocycles. The Balaban J connectivity index is 1.37. The minimum Gasteiger partial charge on any atom is -0.393 e. The number of aliphatic hydroxyl groups excluding tert-OH is 1. The van der Waals surface area contributed by atoms with E-state index in [1.807, 2.05) is 39.9 Å². The Kier molecular flexibility index (Phi) is 5.50. The first-order chi connectivity index (χ1) is 16.7. The average molecular weight is 460 g/mol. The molecule has 6 rings (SSSR count). The molecule has 9 nitrogen and oxygen atoms in total. The molecule has 1 aliphatic heterocycles. The van der Waals surface area contributed by atoms with Gasteiger partial charge in [-0.3, -0.25) is 9.67 Å². The van der Waals surface area contributed by atoms with Gasteiger partial charge in [-0.1, -0.05) is 6.07 Å². The molecule has 4 aromatic rings. The molecule has 0 aromatic carbocycles. The van der Waals surface area contributed by atoms with Crippen LogP contribution in [0.15, 0.2) is 49.2 Å². The summed E-state index contributed by atoms with van der Waals surface area (Å²) in [7, 11) is 0. The van der Waals surface area contributed by atoms with Gasteiger partial charge in [-0.15, -0.1) is 5.10 Å². The smallest absolute Gasteiger partial charge is 0.241 e. The molecule has 0 amide bonds. The second-order valence-electron chi connectivity index (χ2n) is 9.42. The third-order valence-corrected chi connectivity index (χ3v) is 7.10. The van der Waals surface area contributed by atoms with Crippen molar-refractivity contribution in [1.29, 1.82) is 0 Å². The van der Waals surface area contributed by atoms with E-state index >= 15 is 0 Å². The Morgan fingerprint density at radius 1 is 1.15 bits per heavy atom. The Bertz CT molecular complexity index is 1270. The monoisotopic (exact) mass is 459 g/mol. The maximum Gasteiger partial charge on any atom is 0.241 e. The lowest BCUT2D eigenvalue weighted by molar-refractivity contribution is -0.0286. The molecule has 0 radical (unpaired) electrons. The summed E-state index contributed by atoms with van der Waals surface area (Å²) in [5, 5.41) is 22.9. The van der Waals surface area contributed by atoms with E-state index in [2.05, 4.69) is 39.6 Å². The number of rotatable bonds is 6. The Morgan fingerprint density at radius 2 is 2.00 bits per heavy atom. The summed E-state index contributed by atoms with van der Waals surface area (Å²) in [4.78, 5) is 8.87. The van der Waals surface area contributed by atoms with Crippen molar-refractivity contribution < 1.29 is 9.84 Å². The van der Waals surface area contributed by atoms with Crippen LogP contribution in [0.2, 0.25) is 0 Å². The van der Waals surface area contributed by atoms with Crippen molar-refractivity contribution in [3.8, 4) is 11.1 Å². The van der Waals surface area contributed by atoms with Crippen molar-refractivity contribution in [2.24, 2.45) is 0 Å². The van der Waals surface area contributed by atoms with Gasteiger partial charge in [0.05, 0.1) is 49.3 Å². The van der Waals surface area contributed by atoms with E-state index in [0.717, 1.165) is 53.6 Å². The maximum absolute atomic E-state index is 10.0. The summed E-state index contributed by atoms with van der Waals surface area (Å²) < 4.78 is 9.35. The highest BCUT2D eigenvalue weighted by Gasteiger charge is 2.27. The number of ether oxygens (including phenoxy) is 1. The van der Waals surface area contributed by atoms with Crippen LogP contribution in [0.3, 0.4) is 0 Å². The van der Waals surface area contributed by atoms with Gasteiger partial charge < -0.3 is 15.2 Å². The summed E-state index contributed by atoms with van der Waals surface area (Å²) in [6, 6.07) is 6.54. The Morgan fingerprint density at radius 3 is 2.74 bits per heavy atom. The molecule has 2 N–H and O–H groups in total. The van der Waals surface area contributed by atoms with Crippen molar-refractivity contribution in [2.75, 3.05) is 18.5 Å². The molecule has 9 heteroatoms. The molecular formula is C25H29N7O2. The second-order valence-corrected chi connectivity index (χ2v) is 9.42. The molecule has 5 heterocycles. The lowest BCUT2D eigenvalue weighted by atomic mass is 9.85. The number of aliphatic hydroxyl groups is 1. The molecule has 34 heavy (non-hydrogen) atoms. The summed E-state index contributed by atoms with van der Waals surface area (Å²) in [5.41, 5.74) is 5.34. The minimum absolute atomic E-state index is 0.0254.